The van der Waals surface area contributed by atoms with Crippen LogP contribution < -0.4 is 0 Å². The maximum Gasteiger partial charge on any atom is 0.473 e. The second kappa shape index (κ2) is 5.12. The van der Waals surface area contributed by atoms with Crippen molar-refractivity contribution in [3.05, 3.63) is 35.6 Å². The average Bonchev–Trinajstić information content (AvgIpc) is 3.08. The summed E-state index contributed by atoms with van der Waals surface area (Å²) < 4.78 is 10.2. The van der Waals surface area contributed by atoms with E-state index in [9.17, 15) is 0 Å². The van der Waals surface area contributed by atoms with Gasteiger partial charge in [0.1, 0.15) is 0 Å². The zero-order valence-corrected chi connectivity index (χ0v) is 13.3. The molecule has 2 aliphatic heterocycles. The largest absolute Gasteiger partial charge is 0.699 e. The number of nitrogens with zero attached hydrogens (tertiary/aromatic N) is 1. The minimum atomic E-state index is 0. The van der Waals surface area contributed by atoms with Crippen LogP contribution >= 0.6 is 0 Å². The quantitative estimate of drug-likeness (QED) is 0.543. The van der Waals surface area contributed by atoms with Gasteiger partial charge in [0, 0.05) is 44.1 Å². The fourth-order valence-corrected chi connectivity index (χ4v) is 1.46. The van der Waals surface area contributed by atoms with Gasteiger partial charge in [0.15, 0.2) is 5.80 Å². The summed E-state index contributed by atoms with van der Waals surface area (Å²) >= 11 is 0. The molecule has 0 aromatic heterocycles. The van der Waals surface area contributed by atoms with E-state index in [2.05, 4.69) is 4.99 Å². The Labute approximate surface area is 131 Å². The van der Waals surface area contributed by atoms with Gasteiger partial charge in [-0.05, 0) is 5.56 Å². The van der Waals surface area contributed by atoms with Crippen LogP contribution in [0.4, 0.5) is 5.69 Å². The van der Waals surface area contributed by atoms with Crippen LogP contribution in [-0.4, -0.2) is 26.1 Å². The molecule has 1 unspecified atom stereocenters. The van der Waals surface area contributed by atoms with Crippen molar-refractivity contribution in [2.75, 3.05) is 0 Å². The van der Waals surface area contributed by atoms with E-state index in [-0.39, 0.29) is 56.9 Å². The molecule has 0 amide bonds. The second-order valence-corrected chi connectivity index (χ2v) is 3.63. The zero-order valence-electron chi connectivity index (χ0n) is 8.59. The van der Waals surface area contributed by atoms with Crippen LogP contribution in [0.15, 0.2) is 29.3 Å². The van der Waals surface area contributed by atoms with Crippen molar-refractivity contribution in [2.45, 2.75) is 12.4 Å². The fraction of sp³-hybridized carbons (Fsp3) is 0.222. The Hall–Kier alpha value is 0.0214. The number of hydrogen-bond acceptors (Lipinski definition) is 3. The van der Waals surface area contributed by atoms with Gasteiger partial charge < -0.3 is 15.0 Å². The molecule has 7 heteroatoms. The van der Waals surface area contributed by atoms with Gasteiger partial charge in [-0.2, -0.15) is 0 Å². The predicted octanol–water partition coefficient (Wildman–Crippen LogP) is 1.34. The molecule has 1 N–H and O–H groups in total. The third kappa shape index (κ3) is 3.03. The summed E-state index contributed by atoms with van der Waals surface area (Å²) in [6, 6.07) is 7.38. The molecule has 0 aliphatic carbocycles. The summed E-state index contributed by atoms with van der Waals surface area (Å²) in [6.45, 7) is 0.634. The molecule has 2 aliphatic rings. The smallest absolute Gasteiger partial charge is 0.473 e. The third-order valence-corrected chi connectivity index (χ3v) is 2.37. The standard InChI is InChI=1S/C9H8B2N2O2.Ac/c12-7-3-1-2-6(4-7)5-13-9-11(15-9)8-10-14-8;/h1-4,8,12H,5H2;/q-1;. The van der Waals surface area contributed by atoms with Crippen LogP contribution in [0.2, 0.25) is 0 Å². The van der Waals surface area contributed by atoms with Gasteiger partial charge in [-0.1, -0.05) is 24.3 Å². The van der Waals surface area contributed by atoms with E-state index in [4.69, 9.17) is 15.0 Å². The Morgan fingerprint density at radius 1 is 1.50 bits per heavy atom. The van der Waals surface area contributed by atoms with Gasteiger partial charge in [0.2, 0.25) is 0 Å². The number of rotatable bonds is 3. The Morgan fingerprint density at radius 2 is 2.31 bits per heavy atom. The van der Waals surface area contributed by atoms with Crippen molar-refractivity contribution in [2.24, 2.45) is 4.99 Å². The third-order valence-electron chi connectivity index (χ3n) is 2.37. The van der Waals surface area contributed by atoms with Crippen molar-refractivity contribution in [3.8, 4) is 0 Å². The van der Waals surface area contributed by atoms with Gasteiger partial charge in [-0.3, -0.25) is 4.99 Å². The van der Waals surface area contributed by atoms with E-state index in [0.717, 1.165) is 11.4 Å². The molecular formula is C9H8AcB2N2O2-. The Kier molecular flexibility index (Phi) is 3.99. The van der Waals surface area contributed by atoms with Crippen molar-refractivity contribution in [1.29, 1.82) is 0 Å². The number of benzene rings is 1. The maximum atomic E-state index is 7.45. The van der Waals surface area contributed by atoms with Crippen LogP contribution in [0.3, 0.4) is 0 Å². The molecule has 0 saturated carbocycles. The monoisotopic (exact) mass is 425 g/mol. The van der Waals surface area contributed by atoms with Crippen LogP contribution in [0, 0.1) is 44.1 Å². The van der Waals surface area contributed by atoms with Crippen molar-refractivity contribution < 1.29 is 53.4 Å². The minimum absolute atomic E-state index is 0. The summed E-state index contributed by atoms with van der Waals surface area (Å²) in [7, 11) is 1.75. The van der Waals surface area contributed by atoms with E-state index < -0.39 is 0 Å². The Balaban J connectivity index is 0.000000963. The number of aliphatic imine (C=N–C) groups is 1. The molecule has 1 aromatic carbocycles. The topological polar surface area (TPSA) is 61.2 Å². The van der Waals surface area contributed by atoms with E-state index in [1.165, 1.54) is 0 Å². The van der Waals surface area contributed by atoms with Gasteiger partial charge in [0.25, 0.3) is 0 Å². The molecule has 76 valence electrons. The zero-order chi connectivity index (χ0) is 10.3. The van der Waals surface area contributed by atoms with E-state index >= 15 is 0 Å². The molecule has 2 fully saturated rings. The van der Waals surface area contributed by atoms with E-state index in [0.29, 0.717) is 12.2 Å². The SMILES string of the molecule is [Ac].[NH-]c1cccc(CN=C2OB2C2[B]O2)c1. The van der Waals surface area contributed by atoms with Crippen LogP contribution in [0.1, 0.15) is 5.56 Å². The summed E-state index contributed by atoms with van der Waals surface area (Å²) in [6.07, 6.45) is 0. The van der Waals surface area contributed by atoms with E-state index in [1.807, 2.05) is 12.1 Å². The molecule has 2 saturated heterocycles. The van der Waals surface area contributed by atoms with Crippen molar-refractivity contribution in [1.82, 2.24) is 0 Å². The fourth-order valence-electron chi connectivity index (χ4n) is 1.46. The molecule has 0 bridgehead atoms. The first-order valence-corrected chi connectivity index (χ1v) is 4.83. The summed E-state index contributed by atoms with van der Waals surface area (Å²) in [5, 5.41) is 0. The Morgan fingerprint density at radius 3 is 3.00 bits per heavy atom. The molecule has 4 nitrogen and oxygen atoms in total. The summed E-state index contributed by atoms with van der Waals surface area (Å²) in [5.74, 6) is 0.899. The van der Waals surface area contributed by atoms with Crippen LogP contribution in [0.5, 0.6) is 0 Å². The molecule has 16 heavy (non-hydrogen) atoms. The van der Waals surface area contributed by atoms with Crippen LogP contribution in [0.25, 0.3) is 5.73 Å². The second-order valence-electron chi connectivity index (χ2n) is 3.63. The maximum absolute atomic E-state index is 7.45. The van der Waals surface area contributed by atoms with Gasteiger partial charge in [-0.15, -0.1) is 5.69 Å². The van der Waals surface area contributed by atoms with Crippen LogP contribution in [-0.2, 0) is 15.9 Å². The van der Waals surface area contributed by atoms with Gasteiger partial charge in [-0.25, -0.2) is 0 Å². The molecule has 1 aromatic rings. The van der Waals surface area contributed by atoms with Crippen molar-refractivity contribution >= 4 is 25.9 Å². The average molecular weight is 425 g/mol. The summed E-state index contributed by atoms with van der Waals surface area (Å²) in [5.41, 5.74) is 9.00. The van der Waals surface area contributed by atoms with E-state index in [1.54, 1.807) is 19.6 Å². The van der Waals surface area contributed by atoms with Gasteiger partial charge >= 0.3 is 14.4 Å². The Bertz CT molecular complexity index is 426. The number of nitrogens with one attached hydrogen (secondary N) is 1. The predicted molar refractivity (Wildman–Crippen MR) is 59.0 cm³/mol. The van der Waals surface area contributed by atoms with Crippen molar-refractivity contribution in [3.63, 3.8) is 0 Å². The normalized spacial score (nSPS) is 23.1. The molecule has 2 radical (unpaired) electrons. The number of hydrogen-bond donors (Lipinski definition) is 0. The molecule has 2 heterocycles. The van der Waals surface area contributed by atoms with Gasteiger partial charge in [0.05, 0.1) is 12.4 Å². The first kappa shape index (κ1) is 12.5. The summed E-state index contributed by atoms with van der Waals surface area (Å²) in [4.78, 5) is 4.30. The molecule has 3 rings (SSSR count). The first-order valence-electron chi connectivity index (χ1n) is 4.83. The first-order chi connectivity index (χ1) is 7.33. The molecule has 1 atom stereocenters. The molecular weight excluding hydrogens is 417 g/mol. The minimum Gasteiger partial charge on any atom is -0.699 e. The molecule has 0 spiro atoms.